The summed E-state index contributed by atoms with van der Waals surface area (Å²) < 4.78 is 23.6. The van der Waals surface area contributed by atoms with Crippen molar-refractivity contribution < 1.29 is 14.2 Å². The maximum atomic E-state index is 13.5. The highest BCUT2D eigenvalue weighted by Crippen LogP contribution is 2.49. The maximum Gasteiger partial charge on any atom is 0.330 e. The largest absolute Gasteiger partial charge is 0.353 e. The number of ether oxygens (including phenoxy) is 3. The lowest BCUT2D eigenvalue weighted by Gasteiger charge is -2.43. The molecule has 6 aromatic carbocycles. The lowest BCUT2D eigenvalue weighted by molar-refractivity contribution is -0.149. The fraction of sp³-hybridized carbons (Fsp3) is 0.143. The smallest absolute Gasteiger partial charge is 0.330 e. The van der Waals surface area contributed by atoms with Gasteiger partial charge >= 0.3 is 5.69 Å². The monoisotopic (exact) mass is 942 g/mol. The van der Waals surface area contributed by atoms with Crippen LogP contribution in [-0.2, 0) is 25.4 Å². The van der Waals surface area contributed by atoms with Gasteiger partial charge in [-0.2, -0.15) is 0 Å². The number of rotatable bonds is 13. The van der Waals surface area contributed by atoms with E-state index in [1.54, 1.807) is 4.99 Å². The van der Waals surface area contributed by atoms with E-state index in [0.717, 1.165) is 33.4 Å². The Hall–Kier alpha value is -5.17. The van der Waals surface area contributed by atoms with Crippen molar-refractivity contribution in [2.24, 2.45) is 0 Å². The Kier molecular flexibility index (Phi) is 12.1. The van der Waals surface area contributed by atoms with E-state index >= 15 is 0 Å². The second kappa shape index (κ2) is 17.8. The quantitative estimate of drug-likeness (QED) is 0.0708. The zero-order valence-corrected chi connectivity index (χ0v) is 35.0. The molecule has 9 heteroatoms. The molecule has 0 unspecified atom stereocenters. The Bertz CT molecular complexity index is 2350. The number of aromatic nitrogens is 2. The Balaban J connectivity index is 1.36. The van der Waals surface area contributed by atoms with Crippen LogP contribution in [0.5, 0.6) is 0 Å². The van der Waals surface area contributed by atoms with Crippen molar-refractivity contribution in [3.05, 3.63) is 260 Å². The predicted molar refractivity (Wildman–Crippen MR) is 239 cm³/mol. The van der Waals surface area contributed by atoms with Crippen LogP contribution < -0.4 is 11.2 Å². The fourth-order valence-electron chi connectivity index (χ4n) is 8.04. The number of nitrogens with one attached hydrogen (secondary N) is 1. The number of nitrogens with zero attached hydrogens (tertiary/aromatic N) is 1. The van der Waals surface area contributed by atoms with Crippen molar-refractivity contribution in [3.8, 4) is 0 Å². The van der Waals surface area contributed by atoms with Crippen molar-refractivity contribution in [1.29, 1.82) is 0 Å². The first-order valence-corrected chi connectivity index (χ1v) is 21.2. The van der Waals surface area contributed by atoms with Crippen LogP contribution >= 0.6 is 38.5 Å². The van der Waals surface area contributed by atoms with Crippen LogP contribution in [0.4, 0.5) is 0 Å². The van der Waals surface area contributed by atoms with Gasteiger partial charge in [0, 0.05) is 12.3 Å². The summed E-state index contributed by atoms with van der Waals surface area (Å²) >= 11 is 5.94. The number of benzene rings is 6. The van der Waals surface area contributed by atoms with E-state index < -0.39 is 50.9 Å². The van der Waals surface area contributed by atoms with E-state index in [1.807, 2.05) is 115 Å². The standard InChI is InChI=1S/C49H40BrIN2O5/c50-33-31-41(57-48(35-19-7-1-8-20-35,36-21-9-2-10-22-36)37-23-11-3-12-24-37)44-45(43(51)46(56-44)53-34-32-42(54)52-47(53)55)58-49(38-25-13-4-14-26-38,39-27-15-5-16-28-39)40-29-17-6-18-30-40/h1-34,41,43-46H,(H,52,54,55)/t41-,43+,44+,45-,46+/m0/s1. The van der Waals surface area contributed by atoms with Crippen molar-refractivity contribution in [2.45, 2.75) is 39.7 Å². The number of hydrogen-bond acceptors (Lipinski definition) is 5. The SMILES string of the molecule is O=c1ccn([C@@H]2O[C@H]([C@H](C=CBr)OC(c3ccccc3)(c3ccccc3)c3ccccc3)[C@@H](OC(c3ccccc3)(c3ccccc3)c3ccccc3)[C@H]2I)c(=O)[nH]1. The van der Waals surface area contributed by atoms with E-state index in [2.05, 4.69) is 116 Å². The van der Waals surface area contributed by atoms with Crippen molar-refractivity contribution in [2.75, 3.05) is 0 Å². The second-order valence-electron chi connectivity index (χ2n) is 14.0. The summed E-state index contributed by atoms with van der Waals surface area (Å²) in [7, 11) is 0. The summed E-state index contributed by atoms with van der Waals surface area (Å²) in [5, 5.41) is 0. The van der Waals surface area contributed by atoms with Crippen molar-refractivity contribution >= 4 is 38.5 Å². The van der Waals surface area contributed by atoms with Gasteiger partial charge in [0.15, 0.2) is 6.23 Å². The highest BCUT2D eigenvalue weighted by molar-refractivity contribution is 14.1. The Morgan fingerprint density at radius 2 is 0.983 bits per heavy atom. The number of hydrogen-bond donors (Lipinski definition) is 1. The topological polar surface area (TPSA) is 82.5 Å². The molecule has 290 valence electrons. The van der Waals surface area contributed by atoms with Gasteiger partial charge in [-0.3, -0.25) is 14.3 Å². The zero-order valence-electron chi connectivity index (χ0n) is 31.3. The third-order valence-corrected chi connectivity index (χ3v) is 12.3. The summed E-state index contributed by atoms with van der Waals surface area (Å²) in [4.78, 5) is 30.1. The average molecular weight is 944 g/mol. The maximum absolute atomic E-state index is 13.5. The van der Waals surface area contributed by atoms with E-state index in [4.69, 9.17) is 14.2 Å². The summed E-state index contributed by atoms with van der Waals surface area (Å²) in [5.41, 5.74) is 2.17. The Morgan fingerprint density at radius 3 is 1.34 bits per heavy atom. The molecule has 1 fully saturated rings. The van der Waals surface area contributed by atoms with E-state index in [-0.39, 0.29) is 0 Å². The minimum absolute atomic E-state index is 0.476. The molecular weight excluding hydrogens is 903 g/mol. The zero-order chi connectivity index (χ0) is 40.0. The van der Waals surface area contributed by atoms with Crippen LogP contribution in [-0.4, -0.2) is 31.8 Å². The molecule has 0 aliphatic carbocycles. The number of aromatic amines is 1. The molecule has 7 nitrogen and oxygen atoms in total. The van der Waals surface area contributed by atoms with Crippen molar-refractivity contribution in [1.82, 2.24) is 9.55 Å². The average Bonchev–Trinajstić information content (AvgIpc) is 3.60. The number of H-pyrrole nitrogens is 1. The van der Waals surface area contributed by atoms with Crippen molar-refractivity contribution in [3.63, 3.8) is 0 Å². The number of alkyl halides is 1. The predicted octanol–water partition coefficient (Wildman–Crippen LogP) is 9.90. The van der Waals surface area contributed by atoms with Gasteiger partial charge in [-0.15, -0.1) is 0 Å². The molecule has 0 bridgehead atoms. The van der Waals surface area contributed by atoms with Crippen LogP contribution in [0.1, 0.15) is 39.6 Å². The molecule has 0 saturated carbocycles. The summed E-state index contributed by atoms with van der Waals surface area (Å²) in [5.74, 6) is 0. The van der Waals surface area contributed by atoms with Gasteiger partial charge in [-0.1, -0.05) is 221 Å². The van der Waals surface area contributed by atoms with Crippen LogP contribution in [0, 0.1) is 0 Å². The Labute approximate surface area is 359 Å². The van der Waals surface area contributed by atoms with Gasteiger partial charge in [0.1, 0.15) is 29.5 Å². The molecule has 5 atom stereocenters. The first-order chi connectivity index (χ1) is 28.5. The molecule has 1 N–H and O–H groups in total. The van der Waals surface area contributed by atoms with Gasteiger partial charge in [-0.25, -0.2) is 4.79 Å². The molecular formula is C49H40BrIN2O5. The molecule has 1 aliphatic heterocycles. The molecule has 7 aromatic rings. The summed E-state index contributed by atoms with van der Waals surface area (Å²) in [6, 6.07) is 62.4. The van der Waals surface area contributed by atoms with E-state index in [1.165, 1.54) is 16.8 Å². The van der Waals surface area contributed by atoms with E-state index in [0.29, 0.717) is 0 Å². The molecule has 1 aromatic heterocycles. The number of halogens is 2. The minimum atomic E-state index is -1.14. The second-order valence-corrected chi connectivity index (χ2v) is 16.0. The van der Waals surface area contributed by atoms with Gasteiger partial charge in [0.05, 0.1) is 3.92 Å². The van der Waals surface area contributed by atoms with Gasteiger partial charge in [0.25, 0.3) is 5.56 Å². The molecule has 58 heavy (non-hydrogen) atoms. The van der Waals surface area contributed by atoms with Crippen LogP contribution in [0.2, 0.25) is 0 Å². The molecule has 0 radical (unpaired) electrons. The highest BCUT2D eigenvalue weighted by Gasteiger charge is 2.54. The Morgan fingerprint density at radius 1 is 0.603 bits per heavy atom. The lowest BCUT2D eigenvalue weighted by atomic mass is 9.79. The first kappa shape index (κ1) is 39.6. The van der Waals surface area contributed by atoms with Crippen LogP contribution in [0.25, 0.3) is 0 Å². The van der Waals surface area contributed by atoms with Gasteiger partial charge in [-0.05, 0) is 44.4 Å². The molecule has 0 amide bonds. The molecule has 8 rings (SSSR count). The third kappa shape index (κ3) is 7.60. The molecule has 1 saturated heterocycles. The summed E-state index contributed by atoms with van der Waals surface area (Å²) in [6.07, 6.45) is 0.236. The molecule has 2 heterocycles. The van der Waals surface area contributed by atoms with Gasteiger partial charge < -0.3 is 14.2 Å². The fourth-order valence-corrected chi connectivity index (χ4v) is 9.41. The van der Waals surface area contributed by atoms with E-state index in [9.17, 15) is 9.59 Å². The van der Waals surface area contributed by atoms with Gasteiger partial charge in [0.2, 0.25) is 0 Å². The summed E-state index contributed by atoms with van der Waals surface area (Å²) in [6.45, 7) is 0. The molecule has 0 spiro atoms. The lowest BCUT2D eigenvalue weighted by Crippen LogP contribution is -2.49. The normalized spacial score (nSPS) is 18.9. The van der Waals surface area contributed by atoms with Crippen LogP contribution in [0.15, 0.2) is 215 Å². The first-order valence-electron chi connectivity index (χ1n) is 19.0. The third-order valence-electron chi connectivity index (χ3n) is 10.6. The molecule has 1 aliphatic rings. The highest BCUT2D eigenvalue weighted by atomic mass is 127. The van der Waals surface area contributed by atoms with Crippen LogP contribution in [0.3, 0.4) is 0 Å². The minimum Gasteiger partial charge on any atom is -0.353 e.